The molecule has 2 nitrogen and oxygen atoms in total. The van der Waals surface area contributed by atoms with Gasteiger partial charge in [0.15, 0.2) is 0 Å². The van der Waals surface area contributed by atoms with Gasteiger partial charge in [-0.2, -0.15) is 0 Å². The van der Waals surface area contributed by atoms with Crippen LogP contribution in [0.3, 0.4) is 0 Å². The van der Waals surface area contributed by atoms with Crippen LogP contribution in [0.1, 0.15) is 63.5 Å². The molecule has 1 unspecified atom stereocenters. The normalized spacial score (nSPS) is 17.9. The largest absolute Gasteiger partial charge is 0.494 e. The molecule has 1 atom stereocenters. The molecule has 1 saturated carbocycles. The van der Waals surface area contributed by atoms with Crippen LogP contribution in [0.5, 0.6) is 5.75 Å². The highest BCUT2D eigenvalue weighted by molar-refractivity contribution is 9.10. The van der Waals surface area contributed by atoms with Gasteiger partial charge in [0.25, 0.3) is 0 Å². The van der Waals surface area contributed by atoms with E-state index in [-0.39, 0.29) is 6.10 Å². The lowest BCUT2D eigenvalue weighted by molar-refractivity contribution is 0.150. The molecule has 0 heterocycles. The second-order valence-electron chi connectivity index (χ2n) is 5.71. The van der Waals surface area contributed by atoms with E-state index in [1.165, 1.54) is 32.1 Å². The number of aliphatic hydroxyl groups is 1. The molecular formula is C17H25BrO2. The first kappa shape index (κ1) is 15.8. The van der Waals surface area contributed by atoms with Gasteiger partial charge in [-0.3, -0.25) is 0 Å². The Morgan fingerprint density at radius 1 is 1.30 bits per heavy atom. The van der Waals surface area contributed by atoms with E-state index in [0.717, 1.165) is 34.5 Å². The quantitative estimate of drug-likeness (QED) is 0.766. The van der Waals surface area contributed by atoms with Crippen molar-refractivity contribution in [2.75, 3.05) is 6.61 Å². The minimum Gasteiger partial charge on any atom is -0.494 e. The van der Waals surface area contributed by atoms with Gasteiger partial charge in [-0.25, -0.2) is 0 Å². The SMILES string of the molecule is CCOc1ccc(C(O)CCC2CCCCC2)c(Br)c1. The third-order valence-corrected chi connectivity index (χ3v) is 4.90. The molecule has 0 aliphatic heterocycles. The van der Waals surface area contributed by atoms with E-state index >= 15 is 0 Å². The second-order valence-corrected chi connectivity index (χ2v) is 6.57. The maximum atomic E-state index is 10.4. The molecule has 0 amide bonds. The number of rotatable bonds is 6. The number of ether oxygens (including phenoxy) is 1. The van der Waals surface area contributed by atoms with E-state index in [1.54, 1.807) is 0 Å². The minimum absolute atomic E-state index is 0.373. The monoisotopic (exact) mass is 340 g/mol. The molecule has 1 N–H and O–H groups in total. The van der Waals surface area contributed by atoms with Crippen LogP contribution in [0.2, 0.25) is 0 Å². The zero-order valence-corrected chi connectivity index (χ0v) is 13.9. The van der Waals surface area contributed by atoms with Crippen LogP contribution in [-0.2, 0) is 0 Å². The number of hydrogen-bond acceptors (Lipinski definition) is 2. The van der Waals surface area contributed by atoms with E-state index in [2.05, 4.69) is 15.9 Å². The predicted octanol–water partition coefficient (Wildman–Crippen LogP) is 5.24. The Labute approximate surface area is 130 Å². The highest BCUT2D eigenvalue weighted by Gasteiger charge is 2.17. The summed E-state index contributed by atoms with van der Waals surface area (Å²) in [6.45, 7) is 2.64. The Kier molecular flexibility index (Phi) is 6.37. The molecule has 1 aliphatic carbocycles. The fraction of sp³-hybridized carbons (Fsp3) is 0.647. The maximum Gasteiger partial charge on any atom is 0.120 e. The zero-order chi connectivity index (χ0) is 14.4. The van der Waals surface area contributed by atoms with Crippen LogP contribution < -0.4 is 4.74 Å². The van der Waals surface area contributed by atoms with Gasteiger partial charge in [0, 0.05) is 4.47 Å². The van der Waals surface area contributed by atoms with Crippen molar-refractivity contribution in [3.05, 3.63) is 28.2 Å². The summed E-state index contributed by atoms with van der Waals surface area (Å²) in [6.07, 6.45) is 8.44. The smallest absolute Gasteiger partial charge is 0.120 e. The van der Waals surface area contributed by atoms with Crippen molar-refractivity contribution in [3.8, 4) is 5.75 Å². The van der Waals surface area contributed by atoms with Crippen LogP contribution in [-0.4, -0.2) is 11.7 Å². The standard InChI is InChI=1S/C17H25BrO2/c1-2-20-14-9-10-15(16(18)12-14)17(19)11-8-13-6-4-3-5-7-13/h9-10,12-13,17,19H,2-8,11H2,1H3. The molecule has 0 spiro atoms. The molecule has 3 heteroatoms. The summed E-state index contributed by atoms with van der Waals surface area (Å²) >= 11 is 3.54. The molecule has 0 bridgehead atoms. The first-order valence-corrected chi connectivity index (χ1v) is 8.60. The average molecular weight is 341 g/mol. The van der Waals surface area contributed by atoms with Crippen molar-refractivity contribution in [3.63, 3.8) is 0 Å². The average Bonchev–Trinajstić information content (AvgIpc) is 2.46. The van der Waals surface area contributed by atoms with Gasteiger partial charge >= 0.3 is 0 Å². The summed E-state index contributed by atoms with van der Waals surface area (Å²) in [4.78, 5) is 0. The number of benzene rings is 1. The van der Waals surface area contributed by atoms with Gasteiger partial charge in [-0.15, -0.1) is 0 Å². The third kappa shape index (κ3) is 4.49. The Morgan fingerprint density at radius 3 is 2.70 bits per heavy atom. The van der Waals surface area contributed by atoms with E-state index in [4.69, 9.17) is 4.74 Å². The maximum absolute atomic E-state index is 10.4. The van der Waals surface area contributed by atoms with Gasteiger partial charge in [0.05, 0.1) is 12.7 Å². The van der Waals surface area contributed by atoms with Crippen LogP contribution in [0.4, 0.5) is 0 Å². The van der Waals surface area contributed by atoms with Gasteiger partial charge in [-0.1, -0.05) is 54.1 Å². The summed E-state index contributed by atoms with van der Waals surface area (Å²) in [5.74, 6) is 1.67. The minimum atomic E-state index is -0.373. The van der Waals surface area contributed by atoms with E-state index < -0.39 is 0 Å². The summed E-state index contributed by atoms with van der Waals surface area (Å²) in [5, 5.41) is 10.4. The summed E-state index contributed by atoms with van der Waals surface area (Å²) in [5.41, 5.74) is 0.976. The lowest BCUT2D eigenvalue weighted by Gasteiger charge is -2.23. The molecule has 0 aromatic heterocycles. The third-order valence-electron chi connectivity index (χ3n) is 4.22. The Morgan fingerprint density at radius 2 is 2.05 bits per heavy atom. The van der Waals surface area contributed by atoms with Crippen LogP contribution in [0, 0.1) is 5.92 Å². The fourth-order valence-electron chi connectivity index (χ4n) is 3.06. The Bertz CT molecular complexity index is 413. The first-order chi connectivity index (χ1) is 9.70. The zero-order valence-electron chi connectivity index (χ0n) is 12.3. The molecule has 1 aromatic carbocycles. The molecule has 1 aromatic rings. The van der Waals surface area contributed by atoms with Crippen molar-refractivity contribution in [1.29, 1.82) is 0 Å². The van der Waals surface area contributed by atoms with Crippen molar-refractivity contribution in [2.45, 2.75) is 58.0 Å². The van der Waals surface area contributed by atoms with Gasteiger partial charge in [-0.05, 0) is 43.4 Å². The topological polar surface area (TPSA) is 29.5 Å². The van der Waals surface area contributed by atoms with Crippen LogP contribution in [0.15, 0.2) is 22.7 Å². The molecule has 0 saturated heterocycles. The van der Waals surface area contributed by atoms with Gasteiger partial charge in [0.2, 0.25) is 0 Å². The lowest BCUT2D eigenvalue weighted by Crippen LogP contribution is -2.08. The van der Waals surface area contributed by atoms with Crippen molar-refractivity contribution in [2.24, 2.45) is 5.92 Å². The summed E-state index contributed by atoms with van der Waals surface area (Å²) in [7, 11) is 0. The predicted molar refractivity (Wildman–Crippen MR) is 86.1 cm³/mol. The highest BCUT2D eigenvalue weighted by Crippen LogP contribution is 2.33. The van der Waals surface area contributed by atoms with Gasteiger partial charge in [0.1, 0.15) is 5.75 Å². The Balaban J connectivity index is 1.89. The van der Waals surface area contributed by atoms with E-state index in [1.807, 2.05) is 25.1 Å². The molecular weight excluding hydrogens is 316 g/mol. The van der Waals surface area contributed by atoms with Crippen molar-refractivity contribution < 1.29 is 9.84 Å². The second kappa shape index (κ2) is 8.04. The number of hydrogen-bond donors (Lipinski definition) is 1. The Hall–Kier alpha value is -0.540. The van der Waals surface area contributed by atoms with Crippen molar-refractivity contribution in [1.82, 2.24) is 0 Å². The molecule has 20 heavy (non-hydrogen) atoms. The molecule has 1 aliphatic rings. The van der Waals surface area contributed by atoms with E-state index in [0.29, 0.717) is 6.61 Å². The first-order valence-electron chi connectivity index (χ1n) is 7.81. The summed E-state index contributed by atoms with van der Waals surface area (Å²) in [6, 6.07) is 5.86. The van der Waals surface area contributed by atoms with Crippen LogP contribution in [0.25, 0.3) is 0 Å². The van der Waals surface area contributed by atoms with E-state index in [9.17, 15) is 5.11 Å². The number of halogens is 1. The number of aliphatic hydroxyl groups excluding tert-OH is 1. The highest BCUT2D eigenvalue weighted by atomic mass is 79.9. The lowest BCUT2D eigenvalue weighted by atomic mass is 9.85. The molecule has 112 valence electrons. The molecule has 2 rings (SSSR count). The van der Waals surface area contributed by atoms with Crippen molar-refractivity contribution >= 4 is 15.9 Å². The molecule has 0 radical (unpaired) electrons. The van der Waals surface area contributed by atoms with Gasteiger partial charge < -0.3 is 9.84 Å². The van der Waals surface area contributed by atoms with Crippen LogP contribution >= 0.6 is 15.9 Å². The molecule has 1 fully saturated rings. The summed E-state index contributed by atoms with van der Waals surface area (Å²) < 4.78 is 6.41. The fourth-order valence-corrected chi connectivity index (χ4v) is 3.68.